The first kappa shape index (κ1) is 50.5. The quantitative estimate of drug-likeness (QED) is 0.0593. The molecule has 0 aliphatic carbocycles. The fourth-order valence-corrected chi connectivity index (χ4v) is 3.62. The van der Waals surface area contributed by atoms with Crippen LogP contribution in [0.3, 0.4) is 0 Å². The molecule has 2 atom stereocenters. The van der Waals surface area contributed by atoms with Crippen molar-refractivity contribution in [2.75, 3.05) is 38.1 Å². The molecule has 0 saturated carbocycles. The van der Waals surface area contributed by atoms with E-state index in [1.54, 1.807) is 0 Å². The maximum atomic E-state index is 11.7. The van der Waals surface area contributed by atoms with E-state index < -0.39 is 29.7 Å². The number of carbonyl (C=O) groups is 6. The fraction of sp³-hybridized carbons (Fsp3) is 0.818. The zero-order valence-electron chi connectivity index (χ0n) is 29.8. The molecule has 49 heavy (non-hydrogen) atoms. The number of esters is 2. The molecule has 0 aromatic carbocycles. The Bertz CT molecular complexity index is 970. The summed E-state index contributed by atoms with van der Waals surface area (Å²) in [5, 5.41) is 3.04. The minimum absolute atomic E-state index is 0. The normalized spacial score (nSPS) is 13.7. The van der Waals surface area contributed by atoms with Gasteiger partial charge in [0, 0.05) is 19.4 Å². The van der Waals surface area contributed by atoms with Crippen LogP contribution in [0.15, 0.2) is 0 Å². The van der Waals surface area contributed by atoms with Gasteiger partial charge in [-0.2, -0.15) is 0 Å². The number of nitrogens with two attached hydrogens (primary N) is 1. The number of amides is 3. The van der Waals surface area contributed by atoms with Crippen molar-refractivity contribution < 1.29 is 52.6 Å². The first-order valence-corrected chi connectivity index (χ1v) is 17.2. The molecule has 16 heteroatoms. The molecular weight excluding hydrogens is 685 g/mol. The maximum absolute atomic E-state index is 11.7. The highest BCUT2D eigenvalue weighted by Gasteiger charge is 2.33. The molecule has 0 unspecified atom stereocenters. The molecule has 1 aliphatic heterocycles. The van der Waals surface area contributed by atoms with Crippen molar-refractivity contribution in [3.05, 3.63) is 0 Å². The van der Waals surface area contributed by atoms with Crippen LogP contribution in [-0.2, 0) is 43.0 Å². The van der Waals surface area contributed by atoms with E-state index in [0.29, 0.717) is 24.0 Å². The number of nitrogens with one attached hydrogen (secondary N) is 1. The van der Waals surface area contributed by atoms with Gasteiger partial charge in [-0.1, -0.05) is 39.2 Å². The standard InChI is InChI=1S/C14H26ClNO4.C11H23NO2.C7H8ClNO5.CH4/c1-11(12(17)20-14(2,3)4)7-5-6-9-16-13(18)19-10-8-15;1-9(7-5-6-8-12)10(13)14-11(2,3)4;8-3-4-13-7(12)14-9-5(10)1-2-6(9)11;/h11H,5-10H2,1-4H3,(H,16,18);9H,5-8,12H2,1-4H3;1-4H2;1H4/t11-;9-;;/m00../s1. The van der Waals surface area contributed by atoms with Gasteiger partial charge < -0.3 is 30.0 Å². The Labute approximate surface area is 302 Å². The molecule has 1 rings (SSSR count). The zero-order chi connectivity index (χ0) is 37.3. The van der Waals surface area contributed by atoms with E-state index in [1.165, 1.54) is 0 Å². The molecule has 3 N–H and O–H groups in total. The van der Waals surface area contributed by atoms with Crippen molar-refractivity contribution >= 4 is 59.2 Å². The van der Waals surface area contributed by atoms with Crippen LogP contribution < -0.4 is 11.1 Å². The average Bonchev–Trinajstić information content (AvgIpc) is 3.29. The number of alkyl halides is 2. The smallest absolute Gasteiger partial charge is 0.460 e. The molecule has 0 aromatic heterocycles. The number of carbonyl (C=O) groups excluding carboxylic acids is 6. The van der Waals surface area contributed by atoms with Gasteiger partial charge in [-0.05, 0) is 73.8 Å². The third-order valence-corrected chi connectivity index (χ3v) is 6.13. The number of alkyl carbamates (subject to hydrolysis) is 1. The molecule has 1 fully saturated rings. The molecule has 0 aromatic rings. The summed E-state index contributed by atoms with van der Waals surface area (Å²) in [5.41, 5.74) is 4.56. The Kier molecular flexibility index (Phi) is 28.8. The third-order valence-electron chi connectivity index (χ3n) is 5.82. The van der Waals surface area contributed by atoms with E-state index in [2.05, 4.69) is 14.9 Å². The van der Waals surface area contributed by atoms with Gasteiger partial charge >= 0.3 is 24.2 Å². The summed E-state index contributed by atoms with van der Waals surface area (Å²) < 4.78 is 19.7. The number of hydroxylamine groups is 2. The number of imide groups is 1. The summed E-state index contributed by atoms with van der Waals surface area (Å²) in [6.45, 7) is 16.4. The Hall–Kier alpha value is -2.84. The van der Waals surface area contributed by atoms with Crippen molar-refractivity contribution in [2.45, 2.75) is 125 Å². The minimum Gasteiger partial charge on any atom is -0.460 e. The molecule has 288 valence electrons. The van der Waals surface area contributed by atoms with E-state index in [0.717, 1.165) is 38.5 Å². The van der Waals surface area contributed by atoms with Crippen LogP contribution in [-0.4, -0.2) is 90.3 Å². The monoisotopic (exact) mass is 745 g/mol. The summed E-state index contributed by atoms with van der Waals surface area (Å²) in [7, 11) is 0. The van der Waals surface area contributed by atoms with Gasteiger partial charge in [-0.15, -0.1) is 23.2 Å². The summed E-state index contributed by atoms with van der Waals surface area (Å²) in [6.07, 6.45) is 3.78. The highest BCUT2D eigenvalue weighted by Crippen LogP contribution is 2.16. The second kappa shape index (κ2) is 27.9. The first-order chi connectivity index (χ1) is 22.3. The minimum atomic E-state index is -1.10. The molecule has 3 amide bonds. The Balaban J connectivity index is -0.000000656. The third kappa shape index (κ3) is 29.8. The van der Waals surface area contributed by atoms with Crippen molar-refractivity contribution in [1.82, 2.24) is 10.4 Å². The predicted octanol–water partition coefficient (Wildman–Crippen LogP) is 6.27. The van der Waals surface area contributed by atoms with Gasteiger partial charge in [0.25, 0.3) is 11.8 Å². The lowest BCUT2D eigenvalue weighted by molar-refractivity contribution is -0.177. The SMILES string of the molecule is C.C[C@@H](CCCCN)C(=O)OC(C)(C)C.C[C@@H](CCCCNC(=O)OCCCl)C(=O)OC(C)(C)C.O=C(OCCCl)ON1C(=O)CCC1=O. The number of ether oxygens (including phenoxy) is 4. The van der Waals surface area contributed by atoms with Crippen LogP contribution in [0.2, 0.25) is 0 Å². The number of nitrogens with zero attached hydrogens (tertiary/aromatic N) is 1. The maximum Gasteiger partial charge on any atom is 0.533 e. The van der Waals surface area contributed by atoms with Crippen LogP contribution >= 0.6 is 23.2 Å². The van der Waals surface area contributed by atoms with E-state index in [4.69, 9.17) is 43.1 Å². The Morgan fingerprint density at radius 3 is 1.61 bits per heavy atom. The molecule has 0 bridgehead atoms. The van der Waals surface area contributed by atoms with Gasteiger partial charge in [0.05, 0.1) is 23.6 Å². The molecule has 14 nitrogen and oxygen atoms in total. The number of hydrogen-bond donors (Lipinski definition) is 2. The van der Waals surface area contributed by atoms with E-state index in [9.17, 15) is 28.8 Å². The summed E-state index contributed by atoms with van der Waals surface area (Å²) in [4.78, 5) is 71.4. The van der Waals surface area contributed by atoms with E-state index in [-0.39, 0.29) is 68.7 Å². The van der Waals surface area contributed by atoms with Crippen LogP contribution in [0, 0.1) is 11.8 Å². The van der Waals surface area contributed by atoms with Crippen LogP contribution in [0.4, 0.5) is 9.59 Å². The summed E-state index contributed by atoms with van der Waals surface area (Å²) >= 11 is 10.6. The molecule has 0 radical (unpaired) electrons. The molecule has 1 heterocycles. The largest absolute Gasteiger partial charge is 0.533 e. The average molecular weight is 747 g/mol. The van der Waals surface area contributed by atoms with Gasteiger partial charge in [0.15, 0.2) is 0 Å². The molecular formula is C33H61Cl2N3O11. The van der Waals surface area contributed by atoms with Crippen LogP contribution in [0.25, 0.3) is 0 Å². The van der Waals surface area contributed by atoms with Gasteiger partial charge in [0.2, 0.25) is 0 Å². The Morgan fingerprint density at radius 2 is 1.20 bits per heavy atom. The van der Waals surface area contributed by atoms with E-state index >= 15 is 0 Å². The number of unbranched alkanes of at least 4 members (excludes halogenated alkanes) is 2. The second-order valence-corrected chi connectivity index (χ2v) is 13.6. The lowest BCUT2D eigenvalue weighted by Crippen LogP contribution is -2.32. The fourth-order valence-electron chi connectivity index (χ4n) is 3.46. The van der Waals surface area contributed by atoms with Gasteiger partial charge in [-0.3, -0.25) is 24.0 Å². The number of halogens is 2. The lowest BCUT2D eigenvalue weighted by Gasteiger charge is -2.22. The van der Waals surface area contributed by atoms with E-state index in [1.807, 2.05) is 55.4 Å². The summed E-state index contributed by atoms with van der Waals surface area (Å²) in [5.74, 6) is -1.09. The van der Waals surface area contributed by atoms with Crippen LogP contribution in [0.1, 0.15) is 114 Å². The highest BCUT2D eigenvalue weighted by molar-refractivity contribution is 6.18. The summed E-state index contributed by atoms with van der Waals surface area (Å²) in [6, 6.07) is 0. The lowest BCUT2D eigenvalue weighted by atomic mass is 10.0. The zero-order valence-corrected chi connectivity index (χ0v) is 31.3. The molecule has 0 spiro atoms. The highest BCUT2D eigenvalue weighted by atomic mass is 35.5. The van der Waals surface area contributed by atoms with Crippen LogP contribution in [0.5, 0.6) is 0 Å². The van der Waals surface area contributed by atoms with Crippen molar-refractivity contribution in [3.63, 3.8) is 0 Å². The van der Waals surface area contributed by atoms with Gasteiger partial charge in [0.1, 0.15) is 24.4 Å². The Morgan fingerprint density at radius 1 is 0.776 bits per heavy atom. The van der Waals surface area contributed by atoms with Crippen molar-refractivity contribution in [3.8, 4) is 0 Å². The molecule has 1 saturated heterocycles. The van der Waals surface area contributed by atoms with Crippen molar-refractivity contribution in [1.29, 1.82) is 0 Å². The molecule has 1 aliphatic rings. The predicted molar refractivity (Wildman–Crippen MR) is 188 cm³/mol. The number of hydrogen-bond acceptors (Lipinski definition) is 12. The first-order valence-electron chi connectivity index (χ1n) is 16.2. The topological polar surface area (TPSA) is 190 Å². The van der Waals surface area contributed by atoms with Gasteiger partial charge in [-0.25, -0.2) is 9.59 Å². The number of rotatable bonds is 16. The second-order valence-electron chi connectivity index (χ2n) is 12.9. The van der Waals surface area contributed by atoms with Crippen molar-refractivity contribution in [2.24, 2.45) is 17.6 Å².